The molecule has 0 unspecified atom stereocenters. The molecule has 1 nitrogen and oxygen atoms in total. The van der Waals surface area contributed by atoms with Gasteiger partial charge in [-0.15, -0.1) is 6.42 Å². The number of aromatic nitrogens is 1. The molecule has 0 saturated carbocycles. The average Bonchev–Trinajstić information content (AvgIpc) is 1.95. The maximum Gasteiger partial charge on any atom is 0.146 e. The maximum absolute atomic E-state index is 12.5. The Morgan fingerprint density at radius 2 is 2.40 bits per heavy atom. The molecule has 0 radical (unpaired) electrons. The molecule has 0 saturated heterocycles. The molecule has 0 aliphatic carbocycles. The molecule has 0 spiro atoms. The van der Waals surface area contributed by atoms with Crippen molar-refractivity contribution in [2.24, 2.45) is 0 Å². The second-order valence-corrected chi connectivity index (χ2v) is 2.04. The Balaban J connectivity index is 3.20. The zero-order valence-electron chi connectivity index (χ0n) is 4.94. The van der Waals surface area contributed by atoms with Crippen LogP contribution in [-0.2, 0) is 0 Å². The Morgan fingerprint density at radius 1 is 1.70 bits per heavy atom. The standard InChI is InChI=1S/C7H3ClFN/c1-2-5-3-7(9)6(8)4-10-5/h1,3-4H. The van der Waals surface area contributed by atoms with E-state index in [2.05, 4.69) is 10.9 Å². The molecule has 0 amide bonds. The predicted molar refractivity (Wildman–Crippen MR) is 37.1 cm³/mol. The zero-order chi connectivity index (χ0) is 7.56. The first-order valence-electron chi connectivity index (χ1n) is 2.51. The van der Waals surface area contributed by atoms with Crippen LogP contribution in [0.1, 0.15) is 5.69 Å². The lowest BCUT2D eigenvalue weighted by molar-refractivity contribution is 0.625. The molecule has 1 heterocycles. The van der Waals surface area contributed by atoms with Crippen LogP contribution in [0.5, 0.6) is 0 Å². The van der Waals surface area contributed by atoms with Gasteiger partial charge in [-0.25, -0.2) is 9.37 Å². The summed E-state index contributed by atoms with van der Waals surface area (Å²) in [6, 6.07) is 1.11. The van der Waals surface area contributed by atoms with Gasteiger partial charge in [0.15, 0.2) is 0 Å². The Labute approximate surface area is 62.8 Å². The lowest BCUT2D eigenvalue weighted by atomic mass is 10.3. The second kappa shape index (κ2) is 2.68. The topological polar surface area (TPSA) is 12.9 Å². The van der Waals surface area contributed by atoms with Gasteiger partial charge in [0.2, 0.25) is 0 Å². The summed E-state index contributed by atoms with van der Waals surface area (Å²) in [4.78, 5) is 3.65. The largest absolute Gasteiger partial charge is 0.246 e. The van der Waals surface area contributed by atoms with Gasteiger partial charge in [0, 0.05) is 12.3 Å². The van der Waals surface area contributed by atoms with E-state index >= 15 is 0 Å². The summed E-state index contributed by atoms with van der Waals surface area (Å²) in [5.74, 6) is 1.65. The molecule has 10 heavy (non-hydrogen) atoms. The van der Waals surface area contributed by atoms with Gasteiger partial charge in [0.1, 0.15) is 11.5 Å². The average molecular weight is 156 g/mol. The van der Waals surface area contributed by atoms with E-state index in [1.807, 2.05) is 0 Å². The number of rotatable bonds is 0. The fourth-order valence-electron chi connectivity index (χ4n) is 0.493. The highest BCUT2D eigenvalue weighted by molar-refractivity contribution is 6.30. The van der Waals surface area contributed by atoms with Crippen LogP contribution in [0.15, 0.2) is 12.3 Å². The fraction of sp³-hybridized carbons (Fsp3) is 0. The molecule has 1 aromatic heterocycles. The van der Waals surface area contributed by atoms with Crippen LogP contribution >= 0.6 is 11.6 Å². The molecule has 0 aromatic carbocycles. The van der Waals surface area contributed by atoms with Crippen molar-refractivity contribution >= 4 is 11.6 Å². The normalized spacial score (nSPS) is 8.90. The van der Waals surface area contributed by atoms with Gasteiger partial charge < -0.3 is 0 Å². The van der Waals surface area contributed by atoms with Crippen LogP contribution in [0.3, 0.4) is 0 Å². The molecule has 0 N–H and O–H groups in total. The molecular weight excluding hydrogens is 153 g/mol. The van der Waals surface area contributed by atoms with Gasteiger partial charge in [-0.05, 0) is 0 Å². The van der Waals surface area contributed by atoms with Crippen molar-refractivity contribution in [3.8, 4) is 12.3 Å². The molecule has 50 valence electrons. The maximum atomic E-state index is 12.5. The van der Waals surface area contributed by atoms with E-state index in [-0.39, 0.29) is 10.7 Å². The number of pyridine rings is 1. The van der Waals surface area contributed by atoms with Crippen LogP contribution < -0.4 is 0 Å². The summed E-state index contributed by atoms with van der Waals surface area (Å²) >= 11 is 5.33. The summed E-state index contributed by atoms with van der Waals surface area (Å²) in [5.41, 5.74) is 0.252. The third kappa shape index (κ3) is 1.26. The second-order valence-electron chi connectivity index (χ2n) is 1.63. The lowest BCUT2D eigenvalue weighted by Gasteiger charge is -1.91. The van der Waals surface area contributed by atoms with E-state index in [9.17, 15) is 4.39 Å². The molecule has 1 aromatic rings. The summed E-state index contributed by atoms with van der Waals surface area (Å²) in [7, 11) is 0. The van der Waals surface area contributed by atoms with E-state index < -0.39 is 5.82 Å². The van der Waals surface area contributed by atoms with E-state index in [4.69, 9.17) is 18.0 Å². The van der Waals surface area contributed by atoms with E-state index in [1.54, 1.807) is 0 Å². The number of nitrogens with zero attached hydrogens (tertiary/aromatic N) is 1. The van der Waals surface area contributed by atoms with E-state index in [1.165, 1.54) is 6.20 Å². The van der Waals surface area contributed by atoms with Crippen LogP contribution in [-0.4, -0.2) is 4.98 Å². The monoisotopic (exact) mass is 155 g/mol. The molecule has 3 heteroatoms. The van der Waals surface area contributed by atoms with Gasteiger partial charge in [0.25, 0.3) is 0 Å². The quantitative estimate of drug-likeness (QED) is 0.521. The summed E-state index contributed by atoms with van der Waals surface area (Å²) in [5, 5.41) is -0.0148. The van der Waals surface area contributed by atoms with Gasteiger partial charge in [0.05, 0.1) is 5.02 Å². The minimum absolute atomic E-state index is 0.0148. The van der Waals surface area contributed by atoms with E-state index in [0.29, 0.717) is 0 Å². The number of terminal acetylenes is 1. The molecule has 1 rings (SSSR count). The van der Waals surface area contributed by atoms with Gasteiger partial charge in [-0.1, -0.05) is 17.5 Å². The summed E-state index contributed by atoms with van der Waals surface area (Å²) in [6.07, 6.45) is 6.13. The molecule has 0 aliphatic rings. The van der Waals surface area contributed by atoms with Crippen LogP contribution in [0.25, 0.3) is 0 Å². The fourth-order valence-corrected chi connectivity index (χ4v) is 0.596. The van der Waals surface area contributed by atoms with Crippen molar-refractivity contribution in [3.63, 3.8) is 0 Å². The van der Waals surface area contributed by atoms with Crippen molar-refractivity contribution in [2.75, 3.05) is 0 Å². The van der Waals surface area contributed by atoms with Gasteiger partial charge in [-0.2, -0.15) is 0 Å². The van der Waals surface area contributed by atoms with Crippen molar-refractivity contribution in [1.29, 1.82) is 0 Å². The Morgan fingerprint density at radius 3 is 2.90 bits per heavy atom. The third-order valence-electron chi connectivity index (χ3n) is 0.956. The number of hydrogen-bond donors (Lipinski definition) is 0. The first-order chi connectivity index (χ1) is 4.74. The number of halogens is 2. The van der Waals surface area contributed by atoms with Crippen molar-refractivity contribution < 1.29 is 4.39 Å². The Hall–Kier alpha value is -1.07. The highest BCUT2D eigenvalue weighted by atomic mass is 35.5. The Bertz CT molecular complexity index is 290. The zero-order valence-corrected chi connectivity index (χ0v) is 5.69. The highest BCUT2D eigenvalue weighted by Crippen LogP contribution is 2.11. The molecule has 0 fully saturated rings. The van der Waals surface area contributed by atoms with Crippen LogP contribution in [0.4, 0.5) is 4.39 Å². The van der Waals surface area contributed by atoms with Crippen LogP contribution in [0, 0.1) is 18.2 Å². The SMILES string of the molecule is C#Cc1cc(F)c(Cl)cn1. The van der Waals surface area contributed by atoms with Gasteiger partial charge >= 0.3 is 0 Å². The molecule has 0 aliphatic heterocycles. The minimum Gasteiger partial charge on any atom is -0.246 e. The summed E-state index contributed by atoms with van der Waals surface area (Å²) in [6.45, 7) is 0. The highest BCUT2D eigenvalue weighted by Gasteiger charge is 1.98. The third-order valence-corrected chi connectivity index (χ3v) is 1.23. The number of hydrogen-bond acceptors (Lipinski definition) is 1. The smallest absolute Gasteiger partial charge is 0.146 e. The van der Waals surface area contributed by atoms with E-state index in [0.717, 1.165) is 6.07 Å². The molecule has 0 bridgehead atoms. The van der Waals surface area contributed by atoms with Gasteiger partial charge in [-0.3, -0.25) is 0 Å². The minimum atomic E-state index is -0.537. The van der Waals surface area contributed by atoms with Crippen LogP contribution in [0.2, 0.25) is 5.02 Å². The molecular formula is C7H3ClFN. The predicted octanol–water partition coefficient (Wildman–Crippen LogP) is 1.86. The first-order valence-corrected chi connectivity index (χ1v) is 2.89. The van der Waals surface area contributed by atoms with Crippen molar-refractivity contribution in [1.82, 2.24) is 4.98 Å². The first kappa shape index (κ1) is 7.04. The van der Waals surface area contributed by atoms with Crippen molar-refractivity contribution in [3.05, 3.63) is 28.8 Å². The lowest BCUT2D eigenvalue weighted by Crippen LogP contribution is -1.84. The van der Waals surface area contributed by atoms with Crippen molar-refractivity contribution in [2.45, 2.75) is 0 Å². The summed E-state index contributed by atoms with van der Waals surface area (Å²) < 4.78 is 12.5. The Kier molecular flexibility index (Phi) is 1.88. The molecule has 0 atom stereocenters.